The molecule has 0 spiro atoms. The molecule has 0 saturated heterocycles. The second kappa shape index (κ2) is 8.41. The highest BCUT2D eigenvalue weighted by molar-refractivity contribution is 8.00. The quantitative estimate of drug-likeness (QED) is 0.742. The molecule has 0 saturated carbocycles. The second-order valence-electron chi connectivity index (χ2n) is 5.81. The Morgan fingerprint density at radius 3 is 2.78 bits per heavy atom. The first-order chi connectivity index (χ1) is 13.0. The number of rotatable bonds is 6. The maximum atomic E-state index is 12.8. The molecule has 3 rings (SSSR count). The normalized spacial score (nSPS) is 13.2. The van der Waals surface area contributed by atoms with Gasteiger partial charge in [0.15, 0.2) is 0 Å². The van der Waals surface area contributed by atoms with Crippen molar-refractivity contribution >= 4 is 40.9 Å². The van der Waals surface area contributed by atoms with E-state index in [4.69, 9.17) is 11.6 Å². The molecule has 0 unspecified atom stereocenters. The maximum Gasteiger partial charge on any atom is 0.292 e. The minimum atomic E-state index is -0.475. The second-order valence-corrected chi connectivity index (χ2v) is 7.26. The minimum Gasteiger partial charge on any atom is -0.350 e. The fourth-order valence-corrected chi connectivity index (χ4v) is 3.61. The van der Waals surface area contributed by atoms with Crippen LogP contribution in [0, 0.1) is 0 Å². The van der Waals surface area contributed by atoms with Crippen LogP contribution in [0.15, 0.2) is 52.8 Å². The number of thioether (sulfide) groups is 1. The zero-order chi connectivity index (χ0) is 19.4. The van der Waals surface area contributed by atoms with Gasteiger partial charge in [-0.2, -0.15) is 5.10 Å². The topological polar surface area (TPSA) is 84.3 Å². The van der Waals surface area contributed by atoms with Crippen LogP contribution in [0.5, 0.6) is 0 Å². The van der Waals surface area contributed by atoms with E-state index in [2.05, 4.69) is 17.0 Å². The first-order valence-corrected chi connectivity index (χ1v) is 9.51. The summed E-state index contributed by atoms with van der Waals surface area (Å²) in [5, 5.41) is 7.41. The lowest BCUT2D eigenvalue weighted by Gasteiger charge is -2.27. The summed E-state index contributed by atoms with van der Waals surface area (Å²) >= 11 is 7.10. The van der Waals surface area contributed by atoms with Crippen LogP contribution in [0.4, 0.5) is 5.69 Å². The van der Waals surface area contributed by atoms with Crippen LogP contribution in [0.3, 0.4) is 0 Å². The lowest BCUT2D eigenvalue weighted by atomic mass is 10.2. The van der Waals surface area contributed by atoms with Gasteiger partial charge < -0.3 is 10.2 Å². The SMILES string of the molecule is C=CCN1C(=O)CSc2cnn(CC(=O)NCc3ccc(Cl)cc3)c(=O)c21. The third-order valence-corrected chi connectivity index (χ3v) is 5.17. The predicted octanol–water partition coefficient (Wildman–Crippen LogP) is 1.84. The number of nitrogens with one attached hydrogen (secondary N) is 1. The Morgan fingerprint density at radius 1 is 1.33 bits per heavy atom. The zero-order valence-electron chi connectivity index (χ0n) is 14.4. The summed E-state index contributed by atoms with van der Waals surface area (Å²) in [6.07, 6.45) is 3.07. The number of carbonyl (C=O) groups excluding carboxylic acids is 2. The van der Waals surface area contributed by atoms with E-state index in [1.165, 1.54) is 22.9 Å². The Bertz CT molecular complexity index is 943. The molecule has 0 radical (unpaired) electrons. The smallest absolute Gasteiger partial charge is 0.292 e. The van der Waals surface area contributed by atoms with Crippen LogP contribution >= 0.6 is 23.4 Å². The molecule has 0 aliphatic carbocycles. The number of aromatic nitrogens is 2. The minimum absolute atomic E-state index is 0.172. The fourth-order valence-electron chi connectivity index (χ4n) is 2.59. The summed E-state index contributed by atoms with van der Waals surface area (Å²) in [5.41, 5.74) is 0.658. The van der Waals surface area contributed by atoms with Gasteiger partial charge in [0, 0.05) is 18.1 Å². The monoisotopic (exact) mass is 404 g/mol. The molecule has 9 heteroatoms. The van der Waals surface area contributed by atoms with Gasteiger partial charge in [-0.3, -0.25) is 14.4 Å². The number of halogens is 1. The van der Waals surface area contributed by atoms with Gasteiger partial charge >= 0.3 is 0 Å². The molecule has 2 heterocycles. The molecule has 1 aromatic heterocycles. The third kappa shape index (κ3) is 4.40. The first-order valence-electron chi connectivity index (χ1n) is 8.15. The number of carbonyl (C=O) groups is 2. The van der Waals surface area contributed by atoms with Gasteiger partial charge in [-0.15, -0.1) is 18.3 Å². The molecule has 27 heavy (non-hydrogen) atoms. The molecule has 140 valence electrons. The van der Waals surface area contributed by atoms with E-state index in [1.54, 1.807) is 18.2 Å². The average Bonchev–Trinajstić information content (AvgIpc) is 2.66. The van der Waals surface area contributed by atoms with E-state index in [-0.39, 0.29) is 36.3 Å². The van der Waals surface area contributed by atoms with Crippen molar-refractivity contribution in [2.75, 3.05) is 17.2 Å². The summed E-state index contributed by atoms with van der Waals surface area (Å²) in [5.74, 6) is -0.285. The average molecular weight is 405 g/mol. The molecular formula is C18H17ClN4O3S. The maximum absolute atomic E-state index is 12.8. The van der Waals surface area contributed by atoms with Crippen LogP contribution < -0.4 is 15.8 Å². The van der Waals surface area contributed by atoms with Gasteiger partial charge in [0.1, 0.15) is 12.2 Å². The molecule has 1 aliphatic rings. The number of benzene rings is 1. The Kier molecular flexibility index (Phi) is 5.98. The molecular weight excluding hydrogens is 388 g/mol. The van der Waals surface area contributed by atoms with Crippen molar-refractivity contribution in [3.63, 3.8) is 0 Å². The van der Waals surface area contributed by atoms with Crippen molar-refractivity contribution in [1.82, 2.24) is 15.1 Å². The summed E-state index contributed by atoms with van der Waals surface area (Å²) in [6, 6.07) is 7.09. The van der Waals surface area contributed by atoms with Gasteiger partial charge in [-0.05, 0) is 17.7 Å². The Balaban J connectivity index is 1.74. The van der Waals surface area contributed by atoms with Crippen molar-refractivity contribution < 1.29 is 9.59 Å². The highest BCUT2D eigenvalue weighted by Crippen LogP contribution is 2.31. The fraction of sp³-hybridized carbons (Fsp3) is 0.222. The molecule has 0 bridgehead atoms. The van der Waals surface area contributed by atoms with Crippen LogP contribution in [0.1, 0.15) is 5.56 Å². The van der Waals surface area contributed by atoms with Gasteiger partial charge in [0.05, 0.1) is 16.8 Å². The number of fused-ring (bicyclic) bond motifs is 1. The van der Waals surface area contributed by atoms with E-state index in [0.717, 1.165) is 10.2 Å². The number of amides is 2. The largest absolute Gasteiger partial charge is 0.350 e. The predicted molar refractivity (Wildman–Crippen MR) is 105 cm³/mol. The van der Waals surface area contributed by atoms with Crippen LogP contribution in [-0.4, -0.2) is 33.9 Å². The molecule has 2 aromatic rings. The highest BCUT2D eigenvalue weighted by atomic mass is 35.5. The Morgan fingerprint density at radius 2 is 2.07 bits per heavy atom. The van der Waals surface area contributed by atoms with Crippen LogP contribution in [-0.2, 0) is 22.7 Å². The van der Waals surface area contributed by atoms with Crippen molar-refractivity contribution in [1.29, 1.82) is 0 Å². The number of nitrogens with zero attached hydrogens (tertiary/aromatic N) is 3. The molecule has 7 nitrogen and oxygen atoms in total. The molecule has 0 atom stereocenters. The summed E-state index contributed by atoms with van der Waals surface area (Å²) in [7, 11) is 0. The number of anilines is 1. The first kappa shape index (κ1) is 19.2. The van der Waals surface area contributed by atoms with E-state index >= 15 is 0 Å². The molecule has 1 N–H and O–H groups in total. The van der Waals surface area contributed by atoms with E-state index in [0.29, 0.717) is 16.5 Å². The Hall–Kier alpha value is -2.58. The van der Waals surface area contributed by atoms with E-state index in [9.17, 15) is 14.4 Å². The van der Waals surface area contributed by atoms with Gasteiger partial charge in [0.2, 0.25) is 11.8 Å². The highest BCUT2D eigenvalue weighted by Gasteiger charge is 2.28. The molecule has 1 aliphatic heterocycles. The summed E-state index contributed by atoms with van der Waals surface area (Å²) in [4.78, 5) is 39.1. The van der Waals surface area contributed by atoms with E-state index in [1.807, 2.05) is 12.1 Å². The molecule has 1 aromatic carbocycles. The lowest BCUT2D eigenvalue weighted by molar-refractivity contribution is -0.122. The third-order valence-electron chi connectivity index (χ3n) is 3.91. The van der Waals surface area contributed by atoms with Crippen molar-refractivity contribution in [3.8, 4) is 0 Å². The van der Waals surface area contributed by atoms with Crippen molar-refractivity contribution in [2.24, 2.45) is 0 Å². The number of hydrogen-bond acceptors (Lipinski definition) is 5. The van der Waals surface area contributed by atoms with Gasteiger partial charge in [-0.25, -0.2) is 4.68 Å². The van der Waals surface area contributed by atoms with Gasteiger partial charge in [0.25, 0.3) is 5.56 Å². The van der Waals surface area contributed by atoms with Gasteiger partial charge in [-0.1, -0.05) is 29.8 Å². The van der Waals surface area contributed by atoms with Crippen LogP contribution in [0.2, 0.25) is 5.02 Å². The lowest BCUT2D eigenvalue weighted by Crippen LogP contribution is -2.42. The van der Waals surface area contributed by atoms with Crippen molar-refractivity contribution in [3.05, 3.63) is 64.1 Å². The Labute approximate surface area is 165 Å². The number of hydrogen-bond donors (Lipinski definition) is 1. The zero-order valence-corrected chi connectivity index (χ0v) is 15.9. The molecule has 2 amide bonds. The summed E-state index contributed by atoms with van der Waals surface area (Å²) in [6.45, 7) is 3.93. The standard InChI is InChI=1S/C18H17ClN4O3S/c1-2-7-22-16(25)11-27-14-9-21-23(18(26)17(14)22)10-15(24)20-8-12-3-5-13(19)6-4-12/h2-6,9H,1,7-8,10-11H2,(H,20,24). The molecule has 0 fully saturated rings. The van der Waals surface area contributed by atoms with Crippen LogP contribution in [0.25, 0.3) is 0 Å². The summed E-state index contributed by atoms with van der Waals surface area (Å²) < 4.78 is 1.06. The van der Waals surface area contributed by atoms with E-state index < -0.39 is 5.56 Å². The van der Waals surface area contributed by atoms with Crippen molar-refractivity contribution in [2.45, 2.75) is 18.0 Å².